The first-order valence-corrected chi connectivity index (χ1v) is 8.78. The molecule has 3 aliphatic rings. The van der Waals surface area contributed by atoms with Crippen molar-refractivity contribution in [3.05, 3.63) is 22.8 Å². The summed E-state index contributed by atoms with van der Waals surface area (Å²) in [6, 6.07) is 2.83. The smallest absolute Gasteiger partial charge is 0.147 e. The Morgan fingerprint density at radius 1 is 1.10 bits per heavy atom. The first kappa shape index (κ1) is 13.8. The van der Waals surface area contributed by atoms with Crippen molar-refractivity contribution in [1.82, 2.24) is 10.3 Å². The summed E-state index contributed by atoms with van der Waals surface area (Å²) >= 11 is 6.53. The summed E-state index contributed by atoms with van der Waals surface area (Å²) in [4.78, 5) is 7.13. The van der Waals surface area contributed by atoms with Crippen LogP contribution < -0.4 is 10.2 Å². The van der Waals surface area contributed by atoms with Gasteiger partial charge in [0.05, 0.1) is 5.02 Å². The lowest BCUT2D eigenvalue weighted by Crippen LogP contribution is -2.29. The minimum Gasteiger partial charge on any atom is -0.355 e. The molecule has 0 radical (unpaired) electrons. The molecular weight excluding hydrogens is 282 g/mol. The Balaban J connectivity index is 1.44. The van der Waals surface area contributed by atoms with Crippen molar-refractivity contribution >= 4 is 17.4 Å². The summed E-state index contributed by atoms with van der Waals surface area (Å²) in [5, 5.41) is 4.35. The molecular formula is C17H24ClN3. The summed E-state index contributed by atoms with van der Waals surface area (Å²) in [5.74, 6) is 2.75. The first-order chi connectivity index (χ1) is 10.3. The molecule has 4 heteroatoms. The second-order valence-electron chi connectivity index (χ2n) is 7.10. The molecule has 3 nitrogen and oxygen atoms in total. The van der Waals surface area contributed by atoms with E-state index >= 15 is 0 Å². The highest BCUT2D eigenvalue weighted by atomic mass is 35.5. The van der Waals surface area contributed by atoms with E-state index in [0.717, 1.165) is 48.4 Å². The lowest BCUT2D eigenvalue weighted by atomic mass is 10.2. The topological polar surface area (TPSA) is 28.2 Å². The van der Waals surface area contributed by atoms with Gasteiger partial charge in [0.25, 0.3) is 0 Å². The van der Waals surface area contributed by atoms with Crippen LogP contribution in [0.4, 0.5) is 5.82 Å². The number of nitrogens with one attached hydrogen (secondary N) is 1. The highest BCUT2D eigenvalue weighted by Gasteiger charge is 2.30. The first-order valence-electron chi connectivity index (χ1n) is 8.40. The van der Waals surface area contributed by atoms with Crippen LogP contribution in [0, 0.1) is 11.8 Å². The SMILES string of the molecule is Clc1cc(CNC2CC2)cnc1N(CC1CC1)CC1CC1. The molecule has 21 heavy (non-hydrogen) atoms. The summed E-state index contributed by atoms with van der Waals surface area (Å²) in [6.07, 6.45) is 10.1. The van der Waals surface area contributed by atoms with E-state index in [0.29, 0.717) is 0 Å². The quantitative estimate of drug-likeness (QED) is 0.795. The largest absolute Gasteiger partial charge is 0.355 e. The monoisotopic (exact) mass is 305 g/mol. The van der Waals surface area contributed by atoms with Gasteiger partial charge in [-0.3, -0.25) is 0 Å². The maximum absolute atomic E-state index is 6.53. The van der Waals surface area contributed by atoms with Crippen LogP contribution in [0.25, 0.3) is 0 Å². The second-order valence-corrected chi connectivity index (χ2v) is 7.50. The normalized spacial score (nSPS) is 21.6. The molecule has 3 saturated carbocycles. The number of aromatic nitrogens is 1. The van der Waals surface area contributed by atoms with Gasteiger partial charge >= 0.3 is 0 Å². The molecule has 1 heterocycles. The van der Waals surface area contributed by atoms with Crippen molar-refractivity contribution in [2.45, 2.75) is 51.1 Å². The zero-order valence-corrected chi connectivity index (χ0v) is 13.3. The van der Waals surface area contributed by atoms with Gasteiger partial charge in [-0.2, -0.15) is 0 Å². The molecule has 0 bridgehead atoms. The molecule has 0 atom stereocenters. The van der Waals surface area contributed by atoms with Gasteiger partial charge in [-0.25, -0.2) is 4.98 Å². The van der Waals surface area contributed by atoms with Crippen molar-refractivity contribution in [2.75, 3.05) is 18.0 Å². The number of nitrogens with zero attached hydrogens (tertiary/aromatic N) is 2. The predicted octanol–water partition coefficient (Wildman–Crippen LogP) is 3.61. The number of hydrogen-bond donors (Lipinski definition) is 1. The van der Waals surface area contributed by atoms with Gasteiger partial charge in [-0.15, -0.1) is 0 Å². The summed E-state index contributed by atoms with van der Waals surface area (Å²) in [7, 11) is 0. The lowest BCUT2D eigenvalue weighted by Gasteiger charge is -2.25. The van der Waals surface area contributed by atoms with E-state index in [2.05, 4.69) is 16.3 Å². The average molecular weight is 306 g/mol. The molecule has 1 aromatic heterocycles. The molecule has 0 saturated heterocycles. The number of anilines is 1. The highest BCUT2D eigenvalue weighted by Crippen LogP contribution is 2.37. The molecule has 0 spiro atoms. The van der Waals surface area contributed by atoms with Gasteiger partial charge in [-0.1, -0.05) is 11.6 Å². The highest BCUT2D eigenvalue weighted by molar-refractivity contribution is 6.33. The van der Waals surface area contributed by atoms with E-state index in [4.69, 9.17) is 16.6 Å². The van der Waals surface area contributed by atoms with Crippen LogP contribution in [-0.2, 0) is 6.54 Å². The Bertz CT molecular complexity index is 493. The molecule has 1 aromatic rings. The van der Waals surface area contributed by atoms with Crippen LogP contribution in [-0.4, -0.2) is 24.1 Å². The fourth-order valence-electron chi connectivity index (χ4n) is 2.82. The standard InChI is InChI=1S/C17H24ClN3/c18-16-7-14(8-19-15-5-6-15)9-20-17(16)21(10-12-1-2-12)11-13-3-4-13/h7,9,12-13,15,19H,1-6,8,10-11H2. The predicted molar refractivity (Wildman–Crippen MR) is 86.8 cm³/mol. The average Bonchev–Trinajstić information content (AvgIpc) is 3.33. The van der Waals surface area contributed by atoms with E-state index in [1.54, 1.807) is 0 Å². The van der Waals surface area contributed by atoms with Crippen LogP contribution in [0.3, 0.4) is 0 Å². The Labute approximate surface area is 132 Å². The maximum atomic E-state index is 6.53. The number of rotatable bonds is 8. The van der Waals surface area contributed by atoms with Crippen LogP contribution in [0.15, 0.2) is 12.3 Å². The van der Waals surface area contributed by atoms with E-state index in [1.807, 2.05) is 6.20 Å². The number of halogens is 1. The molecule has 0 amide bonds. The van der Waals surface area contributed by atoms with Crippen LogP contribution in [0.2, 0.25) is 5.02 Å². The summed E-state index contributed by atoms with van der Waals surface area (Å²) in [5.41, 5.74) is 1.20. The third-order valence-corrected chi connectivity index (χ3v) is 4.98. The van der Waals surface area contributed by atoms with E-state index < -0.39 is 0 Å². The van der Waals surface area contributed by atoms with Crippen LogP contribution >= 0.6 is 11.6 Å². The third-order valence-electron chi connectivity index (χ3n) is 4.70. The van der Waals surface area contributed by atoms with Gasteiger partial charge in [-0.05, 0) is 62.0 Å². The van der Waals surface area contributed by atoms with Crippen molar-refractivity contribution in [1.29, 1.82) is 0 Å². The van der Waals surface area contributed by atoms with Crippen molar-refractivity contribution < 1.29 is 0 Å². The molecule has 4 rings (SSSR count). The zero-order chi connectivity index (χ0) is 14.2. The molecule has 3 fully saturated rings. The fourth-order valence-corrected chi connectivity index (χ4v) is 3.13. The van der Waals surface area contributed by atoms with Crippen LogP contribution in [0.5, 0.6) is 0 Å². The van der Waals surface area contributed by atoms with Gasteiger partial charge in [0.2, 0.25) is 0 Å². The molecule has 0 aromatic carbocycles. The summed E-state index contributed by atoms with van der Waals surface area (Å²) < 4.78 is 0. The Morgan fingerprint density at radius 2 is 1.76 bits per heavy atom. The van der Waals surface area contributed by atoms with Gasteiger partial charge in [0.15, 0.2) is 0 Å². The number of hydrogen-bond acceptors (Lipinski definition) is 3. The van der Waals surface area contributed by atoms with Crippen molar-refractivity contribution in [3.63, 3.8) is 0 Å². The van der Waals surface area contributed by atoms with Crippen molar-refractivity contribution in [3.8, 4) is 0 Å². The van der Waals surface area contributed by atoms with Gasteiger partial charge in [0, 0.05) is 31.9 Å². The van der Waals surface area contributed by atoms with E-state index in [1.165, 1.54) is 44.1 Å². The van der Waals surface area contributed by atoms with Crippen LogP contribution in [0.1, 0.15) is 44.1 Å². The van der Waals surface area contributed by atoms with Gasteiger partial charge < -0.3 is 10.2 Å². The molecule has 0 unspecified atom stereocenters. The molecule has 0 aliphatic heterocycles. The Kier molecular flexibility index (Phi) is 3.80. The zero-order valence-electron chi connectivity index (χ0n) is 12.5. The summed E-state index contributed by atoms with van der Waals surface area (Å²) in [6.45, 7) is 3.18. The maximum Gasteiger partial charge on any atom is 0.147 e. The second kappa shape index (κ2) is 5.77. The minimum absolute atomic E-state index is 0.727. The lowest BCUT2D eigenvalue weighted by molar-refractivity contribution is 0.667. The number of pyridine rings is 1. The minimum atomic E-state index is 0.727. The Hall–Kier alpha value is -0.800. The molecule has 1 N–H and O–H groups in total. The van der Waals surface area contributed by atoms with E-state index in [-0.39, 0.29) is 0 Å². The third kappa shape index (κ3) is 3.89. The van der Waals surface area contributed by atoms with Gasteiger partial charge in [0.1, 0.15) is 5.82 Å². The van der Waals surface area contributed by atoms with Crippen molar-refractivity contribution in [2.24, 2.45) is 11.8 Å². The van der Waals surface area contributed by atoms with E-state index in [9.17, 15) is 0 Å². The fraction of sp³-hybridized carbons (Fsp3) is 0.706. The molecule has 3 aliphatic carbocycles. The Morgan fingerprint density at radius 3 is 2.29 bits per heavy atom. The molecule has 114 valence electrons.